The van der Waals surface area contributed by atoms with E-state index < -0.39 is 5.97 Å². The summed E-state index contributed by atoms with van der Waals surface area (Å²) in [6.45, 7) is 1.27. The first-order valence-corrected chi connectivity index (χ1v) is 5.41. The van der Waals surface area contributed by atoms with E-state index in [4.69, 9.17) is 5.11 Å². The molecule has 1 aromatic heterocycles. The third-order valence-corrected chi connectivity index (χ3v) is 2.47. The summed E-state index contributed by atoms with van der Waals surface area (Å²) in [5, 5.41) is 12.5. The van der Waals surface area contributed by atoms with Crippen LogP contribution in [0, 0.1) is 0 Å². The molecule has 0 unspecified atom stereocenters. The molecule has 6 heteroatoms. The molecule has 0 bridgehead atoms. The van der Waals surface area contributed by atoms with Gasteiger partial charge < -0.3 is 9.63 Å². The summed E-state index contributed by atoms with van der Waals surface area (Å²) in [5.74, 6) is -0.290. The average molecular weight is 247 g/mol. The van der Waals surface area contributed by atoms with E-state index in [9.17, 15) is 4.79 Å². The van der Waals surface area contributed by atoms with E-state index in [-0.39, 0.29) is 0 Å². The van der Waals surface area contributed by atoms with Gasteiger partial charge in [-0.25, -0.2) is 4.79 Å². The third kappa shape index (κ3) is 3.14. The molecule has 1 heterocycles. The second kappa shape index (κ2) is 5.42. The molecule has 6 nitrogen and oxygen atoms in total. The van der Waals surface area contributed by atoms with E-state index in [0.717, 1.165) is 5.56 Å². The number of benzene rings is 1. The molecule has 0 amide bonds. The van der Waals surface area contributed by atoms with Gasteiger partial charge in [-0.15, -0.1) is 0 Å². The Hall–Kier alpha value is -2.21. The normalized spacial score (nSPS) is 10.8. The van der Waals surface area contributed by atoms with Gasteiger partial charge in [-0.1, -0.05) is 17.3 Å². The molecule has 94 valence electrons. The van der Waals surface area contributed by atoms with Crippen LogP contribution in [0.25, 0.3) is 0 Å². The van der Waals surface area contributed by atoms with Crippen molar-refractivity contribution in [2.45, 2.75) is 13.1 Å². The molecule has 2 aromatic rings. The van der Waals surface area contributed by atoms with Crippen molar-refractivity contribution in [3.8, 4) is 0 Å². The molecule has 0 spiro atoms. The minimum absolute atomic E-state index is 0.291. The fraction of sp³-hybridized carbons (Fsp3) is 0.250. The largest absolute Gasteiger partial charge is 0.478 e. The standard InChI is InChI=1S/C12H13N3O3/c1-15(7-11-13-8-18-14-11)6-9-2-4-10(5-3-9)12(16)17/h2-5,8H,6-7H2,1H3,(H,16,17). The van der Waals surface area contributed by atoms with Gasteiger partial charge in [0.25, 0.3) is 0 Å². The Morgan fingerprint density at radius 2 is 2.06 bits per heavy atom. The SMILES string of the molecule is CN(Cc1ccc(C(=O)O)cc1)Cc1ncon1. The summed E-state index contributed by atoms with van der Waals surface area (Å²) in [7, 11) is 1.93. The lowest BCUT2D eigenvalue weighted by molar-refractivity contribution is 0.0697. The molecule has 18 heavy (non-hydrogen) atoms. The van der Waals surface area contributed by atoms with Gasteiger partial charge in [-0.2, -0.15) is 4.98 Å². The van der Waals surface area contributed by atoms with E-state index in [1.54, 1.807) is 24.3 Å². The number of carbonyl (C=O) groups is 1. The van der Waals surface area contributed by atoms with Gasteiger partial charge >= 0.3 is 5.97 Å². The maximum Gasteiger partial charge on any atom is 0.335 e. The lowest BCUT2D eigenvalue weighted by atomic mass is 10.1. The Bertz CT molecular complexity index is 508. The van der Waals surface area contributed by atoms with Gasteiger partial charge in [0.2, 0.25) is 6.39 Å². The Morgan fingerprint density at radius 3 is 2.61 bits per heavy atom. The van der Waals surface area contributed by atoms with Crippen LogP contribution in [-0.2, 0) is 13.1 Å². The monoisotopic (exact) mass is 247 g/mol. The first kappa shape index (κ1) is 12.3. The highest BCUT2D eigenvalue weighted by atomic mass is 16.5. The number of aromatic carboxylic acids is 1. The Balaban J connectivity index is 1.94. The molecule has 0 radical (unpaired) electrons. The van der Waals surface area contributed by atoms with Crippen LogP contribution in [-0.4, -0.2) is 33.2 Å². The Labute approximate surface area is 104 Å². The van der Waals surface area contributed by atoms with Crippen molar-refractivity contribution in [3.63, 3.8) is 0 Å². The van der Waals surface area contributed by atoms with Crippen LogP contribution in [0.5, 0.6) is 0 Å². The summed E-state index contributed by atoms with van der Waals surface area (Å²) < 4.78 is 4.65. The van der Waals surface area contributed by atoms with E-state index in [1.165, 1.54) is 6.39 Å². The highest BCUT2D eigenvalue weighted by Gasteiger charge is 2.06. The molecule has 2 rings (SSSR count). The van der Waals surface area contributed by atoms with Gasteiger partial charge in [0.15, 0.2) is 5.82 Å². The molecule has 0 aliphatic heterocycles. The minimum atomic E-state index is -0.915. The predicted octanol–water partition coefficient (Wildman–Crippen LogP) is 1.40. The Morgan fingerprint density at radius 1 is 1.33 bits per heavy atom. The van der Waals surface area contributed by atoms with Gasteiger partial charge in [-0.05, 0) is 24.7 Å². The first-order chi connectivity index (χ1) is 8.65. The fourth-order valence-corrected chi connectivity index (χ4v) is 1.62. The summed E-state index contributed by atoms with van der Waals surface area (Å²) in [6, 6.07) is 6.80. The number of hydrogen-bond donors (Lipinski definition) is 1. The number of carboxylic acids is 1. The van der Waals surface area contributed by atoms with Crippen molar-refractivity contribution in [3.05, 3.63) is 47.6 Å². The van der Waals surface area contributed by atoms with Crippen LogP contribution < -0.4 is 0 Å². The summed E-state index contributed by atoms with van der Waals surface area (Å²) >= 11 is 0. The van der Waals surface area contributed by atoms with E-state index in [0.29, 0.717) is 24.5 Å². The molecule has 1 N–H and O–H groups in total. The summed E-state index contributed by atoms with van der Waals surface area (Å²) in [5.41, 5.74) is 1.32. The molecule has 0 saturated heterocycles. The zero-order valence-corrected chi connectivity index (χ0v) is 9.91. The minimum Gasteiger partial charge on any atom is -0.478 e. The van der Waals surface area contributed by atoms with Crippen molar-refractivity contribution in [2.24, 2.45) is 0 Å². The third-order valence-electron chi connectivity index (χ3n) is 2.47. The fourth-order valence-electron chi connectivity index (χ4n) is 1.62. The second-order valence-electron chi connectivity index (χ2n) is 4.02. The molecular formula is C12H13N3O3. The van der Waals surface area contributed by atoms with Crippen LogP contribution in [0.1, 0.15) is 21.7 Å². The van der Waals surface area contributed by atoms with Crippen molar-refractivity contribution >= 4 is 5.97 Å². The lowest BCUT2D eigenvalue weighted by Crippen LogP contribution is -2.18. The highest BCUT2D eigenvalue weighted by molar-refractivity contribution is 5.87. The summed E-state index contributed by atoms with van der Waals surface area (Å²) in [4.78, 5) is 16.7. The molecule has 0 atom stereocenters. The predicted molar refractivity (Wildman–Crippen MR) is 62.9 cm³/mol. The molecular weight excluding hydrogens is 234 g/mol. The highest BCUT2D eigenvalue weighted by Crippen LogP contribution is 2.08. The number of aromatic nitrogens is 2. The van der Waals surface area contributed by atoms with Gasteiger partial charge in [0.05, 0.1) is 12.1 Å². The number of rotatable bonds is 5. The average Bonchev–Trinajstić information content (AvgIpc) is 2.82. The van der Waals surface area contributed by atoms with Crippen molar-refractivity contribution in [1.82, 2.24) is 15.0 Å². The van der Waals surface area contributed by atoms with Crippen LogP contribution >= 0.6 is 0 Å². The second-order valence-corrected chi connectivity index (χ2v) is 4.02. The molecule has 1 aromatic carbocycles. The van der Waals surface area contributed by atoms with Crippen LogP contribution in [0.4, 0.5) is 0 Å². The Kier molecular flexibility index (Phi) is 3.69. The van der Waals surface area contributed by atoms with Crippen LogP contribution in [0.2, 0.25) is 0 Å². The quantitative estimate of drug-likeness (QED) is 0.860. The van der Waals surface area contributed by atoms with Gasteiger partial charge in [0.1, 0.15) is 0 Å². The first-order valence-electron chi connectivity index (χ1n) is 5.41. The zero-order chi connectivity index (χ0) is 13.0. The molecule has 0 aliphatic rings. The topological polar surface area (TPSA) is 79.5 Å². The van der Waals surface area contributed by atoms with E-state index in [2.05, 4.69) is 14.7 Å². The maximum atomic E-state index is 10.7. The van der Waals surface area contributed by atoms with E-state index >= 15 is 0 Å². The molecule has 0 saturated carbocycles. The number of hydrogen-bond acceptors (Lipinski definition) is 5. The lowest BCUT2D eigenvalue weighted by Gasteiger charge is -2.14. The van der Waals surface area contributed by atoms with Crippen LogP contribution in [0.15, 0.2) is 35.2 Å². The van der Waals surface area contributed by atoms with Crippen molar-refractivity contribution in [2.75, 3.05) is 7.05 Å². The van der Waals surface area contributed by atoms with Crippen LogP contribution in [0.3, 0.4) is 0 Å². The number of nitrogens with zero attached hydrogens (tertiary/aromatic N) is 3. The van der Waals surface area contributed by atoms with Crippen molar-refractivity contribution in [1.29, 1.82) is 0 Å². The number of carboxylic acid groups (broad SMARTS) is 1. The maximum absolute atomic E-state index is 10.7. The molecule has 0 fully saturated rings. The van der Waals surface area contributed by atoms with Gasteiger partial charge in [0, 0.05) is 6.54 Å². The van der Waals surface area contributed by atoms with E-state index in [1.807, 2.05) is 11.9 Å². The molecule has 0 aliphatic carbocycles. The van der Waals surface area contributed by atoms with Crippen molar-refractivity contribution < 1.29 is 14.4 Å². The van der Waals surface area contributed by atoms with Gasteiger partial charge in [-0.3, -0.25) is 4.90 Å². The summed E-state index contributed by atoms with van der Waals surface area (Å²) in [6.07, 6.45) is 1.30. The smallest absolute Gasteiger partial charge is 0.335 e. The zero-order valence-electron chi connectivity index (χ0n) is 9.91.